The Morgan fingerprint density at radius 1 is 1.05 bits per heavy atom. The summed E-state index contributed by atoms with van der Waals surface area (Å²) in [5.41, 5.74) is 10.6. The lowest BCUT2D eigenvalue weighted by Crippen LogP contribution is -2.52. The number of anilines is 1. The maximum Gasteiger partial charge on any atom is 0.0610 e. The summed E-state index contributed by atoms with van der Waals surface area (Å²) in [5.74, 6) is 0.379. The predicted octanol–water partition coefficient (Wildman–Crippen LogP) is 3.95. The molecule has 3 rings (SSSR count). The number of nitrogens with two attached hydrogens (primary N) is 1. The summed E-state index contributed by atoms with van der Waals surface area (Å²) < 4.78 is 0. The van der Waals surface area contributed by atoms with E-state index in [9.17, 15) is 0 Å². The molecule has 2 aromatic rings. The lowest BCUT2D eigenvalue weighted by molar-refractivity contribution is 0.316. The third kappa shape index (κ3) is 2.76. The van der Waals surface area contributed by atoms with E-state index in [0.717, 1.165) is 13.1 Å². The van der Waals surface area contributed by atoms with E-state index in [4.69, 9.17) is 5.73 Å². The smallest absolute Gasteiger partial charge is 0.0610 e. The fraction of sp³-hybridized carbons (Fsp3) is 0.400. The summed E-state index contributed by atoms with van der Waals surface area (Å²) in [5, 5.41) is 0. The van der Waals surface area contributed by atoms with Gasteiger partial charge < -0.3 is 10.6 Å². The summed E-state index contributed by atoms with van der Waals surface area (Å²) in [7, 11) is 0. The first-order valence-corrected chi connectivity index (χ1v) is 8.28. The van der Waals surface area contributed by atoms with Crippen molar-refractivity contribution in [2.24, 2.45) is 11.7 Å². The Hall–Kier alpha value is -1.80. The van der Waals surface area contributed by atoms with Gasteiger partial charge in [-0.3, -0.25) is 0 Å². The van der Waals surface area contributed by atoms with Gasteiger partial charge >= 0.3 is 0 Å². The van der Waals surface area contributed by atoms with E-state index in [2.05, 4.69) is 73.3 Å². The minimum absolute atomic E-state index is 0.328. The molecule has 2 N–H and O–H groups in total. The van der Waals surface area contributed by atoms with Crippen molar-refractivity contribution in [2.45, 2.75) is 32.2 Å². The van der Waals surface area contributed by atoms with E-state index in [0.29, 0.717) is 5.92 Å². The van der Waals surface area contributed by atoms with Crippen LogP contribution in [0.1, 0.15) is 31.4 Å². The highest BCUT2D eigenvalue weighted by Crippen LogP contribution is 2.33. The zero-order chi connectivity index (χ0) is 15.6. The first-order chi connectivity index (χ1) is 10.6. The minimum atomic E-state index is -0.328. The second-order valence-corrected chi connectivity index (χ2v) is 6.71. The molecule has 2 aromatic carbocycles. The SMILES string of the molecule is CC(C)C(N)(CN1CCCc2ccccc21)c1ccccc1. The molecule has 0 bridgehead atoms. The van der Waals surface area contributed by atoms with E-state index >= 15 is 0 Å². The number of para-hydroxylation sites is 1. The molecule has 0 saturated carbocycles. The number of hydrogen-bond acceptors (Lipinski definition) is 2. The van der Waals surface area contributed by atoms with Gasteiger partial charge in [-0.05, 0) is 36.0 Å². The van der Waals surface area contributed by atoms with Gasteiger partial charge in [-0.1, -0.05) is 62.4 Å². The zero-order valence-corrected chi connectivity index (χ0v) is 13.6. The summed E-state index contributed by atoms with van der Waals surface area (Å²) in [6, 6.07) is 19.3. The Balaban J connectivity index is 1.93. The topological polar surface area (TPSA) is 29.3 Å². The monoisotopic (exact) mass is 294 g/mol. The average Bonchev–Trinajstić information content (AvgIpc) is 2.56. The lowest BCUT2D eigenvalue weighted by Gasteiger charge is -2.42. The van der Waals surface area contributed by atoms with Crippen molar-refractivity contribution in [3.63, 3.8) is 0 Å². The van der Waals surface area contributed by atoms with Crippen molar-refractivity contribution >= 4 is 5.69 Å². The first kappa shape index (κ1) is 15.1. The van der Waals surface area contributed by atoms with Crippen molar-refractivity contribution < 1.29 is 0 Å². The van der Waals surface area contributed by atoms with E-state index in [1.165, 1.54) is 29.7 Å². The molecule has 2 nitrogen and oxygen atoms in total. The fourth-order valence-corrected chi connectivity index (χ4v) is 3.45. The molecule has 116 valence electrons. The molecular weight excluding hydrogens is 268 g/mol. The summed E-state index contributed by atoms with van der Waals surface area (Å²) in [6.07, 6.45) is 2.39. The molecule has 22 heavy (non-hydrogen) atoms. The highest BCUT2D eigenvalue weighted by atomic mass is 15.2. The van der Waals surface area contributed by atoms with Crippen LogP contribution in [0.2, 0.25) is 0 Å². The van der Waals surface area contributed by atoms with Gasteiger partial charge in [0.25, 0.3) is 0 Å². The molecule has 1 aliphatic rings. The second kappa shape index (κ2) is 6.13. The number of nitrogens with zero attached hydrogens (tertiary/aromatic N) is 1. The van der Waals surface area contributed by atoms with E-state index < -0.39 is 0 Å². The van der Waals surface area contributed by atoms with Crippen LogP contribution < -0.4 is 10.6 Å². The molecule has 1 unspecified atom stereocenters. The van der Waals surface area contributed by atoms with Crippen molar-refractivity contribution in [1.29, 1.82) is 0 Å². The van der Waals surface area contributed by atoms with Crippen LogP contribution in [-0.2, 0) is 12.0 Å². The summed E-state index contributed by atoms with van der Waals surface area (Å²) in [6.45, 7) is 6.41. The first-order valence-electron chi connectivity index (χ1n) is 8.28. The van der Waals surface area contributed by atoms with Crippen LogP contribution in [0.15, 0.2) is 54.6 Å². The second-order valence-electron chi connectivity index (χ2n) is 6.71. The Morgan fingerprint density at radius 3 is 2.45 bits per heavy atom. The largest absolute Gasteiger partial charge is 0.369 e. The lowest BCUT2D eigenvalue weighted by atomic mass is 9.79. The number of benzene rings is 2. The third-order valence-electron chi connectivity index (χ3n) is 5.00. The summed E-state index contributed by atoms with van der Waals surface area (Å²) in [4.78, 5) is 2.48. The van der Waals surface area contributed by atoms with Crippen molar-refractivity contribution in [1.82, 2.24) is 0 Å². The number of rotatable bonds is 4. The Morgan fingerprint density at radius 2 is 1.73 bits per heavy atom. The highest BCUT2D eigenvalue weighted by Gasteiger charge is 2.34. The predicted molar refractivity (Wildman–Crippen MR) is 94.1 cm³/mol. The Bertz CT molecular complexity index is 621. The number of aryl methyl sites for hydroxylation is 1. The zero-order valence-electron chi connectivity index (χ0n) is 13.6. The molecule has 0 spiro atoms. The maximum absolute atomic E-state index is 6.91. The van der Waals surface area contributed by atoms with Gasteiger partial charge in [-0.25, -0.2) is 0 Å². The van der Waals surface area contributed by atoms with Gasteiger partial charge in [0.1, 0.15) is 0 Å². The molecule has 2 heteroatoms. The van der Waals surface area contributed by atoms with Crippen LogP contribution >= 0.6 is 0 Å². The molecule has 1 heterocycles. The van der Waals surface area contributed by atoms with Gasteiger partial charge in [0.05, 0.1) is 5.54 Å². The average molecular weight is 294 g/mol. The van der Waals surface area contributed by atoms with Gasteiger partial charge in [-0.15, -0.1) is 0 Å². The fourth-order valence-electron chi connectivity index (χ4n) is 3.45. The van der Waals surface area contributed by atoms with Crippen LogP contribution in [0.4, 0.5) is 5.69 Å². The molecule has 1 aliphatic heterocycles. The highest BCUT2D eigenvalue weighted by molar-refractivity contribution is 5.56. The quantitative estimate of drug-likeness (QED) is 0.925. The third-order valence-corrected chi connectivity index (χ3v) is 5.00. The minimum Gasteiger partial charge on any atom is -0.369 e. The van der Waals surface area contributed by atoms with Gasteiger partial charge in [0.2, 0.25) is 0 Å². The van der Waals surface area contributed by atoms with E-state index in [1.807, 2.05) is 0 Å². The van der Waals surface area contributed by atoms with Crippen LogP contribution in [0.3, 0.4) is 0 Å². The molecule has 0 fully saturated rings. The Labute approximate surface area is 134 Å². The van der Waals surface area contributed by atoms with Gasteiger partial charge in [-0.2, -0.15) is 0 Å². The van der Waals surface area contributed by atoms with Crippen LogP contribution in [0.5, 0.6) is 0 Å². The summed E-state index contributed by atoms with van der Waals surface area (Å²) >= 11 is 0. The Kier molecular flexibility index (Phi) is 4.21. The number of fused-ring (bicyclic) bond motifs is 1. The van der Waals surface area contributed by atoms with Crippen molar-refractivity contribution in [3.8, 4) is 0 Å². The standard InChI is InChI=1S/C20H26N2/c1-16(2)20(21,18-11-4-3-5-12-18)15-22-14-8-10-17-9-6-7-13-19(17)22/h3-7,9,11-13,16H,8,10,14-15,21H2,1-2H3. The molecule has 0 amide bonds. The molecule has 0 aliphatic carbocycles. The maximum atomic E-state index is 6.91. The molecule has 0 aromatic heterocycles. The van der Waals surface area contributed by atoms with Gasteiger partial charge in [0.15, 0.2) is 0 Å². The number of hydrogen-bond donors (Lipinski definition) is 1. The van der Waals surface area contributed by atoms with Crippen LogP contribution in [0.25, 0.3) is 0 Å². The molecular formula is C20H26N2. The van der Waals surface area contributed by atoms with E-state index in [-0.39, 0.29) is 5.54 Å². The van der Waals surface area contributed by atoms with E-state index in [1.54, 1.807) is 0 Å². The van der Waals surface area contributed by atoms with Crippen molar-refractivity contribution in [2.75, 3.05) is 18.0 Å². The molecule has 0 saturated heterocycles. The van der Waals surface area contributed by atoms with Gasteiger partial charge in [0, 0.05) is 18.8 Å². The molecule has 1 atom stereocenters. The normalized spacial score (nSPS) is 17.2. The van der Waals surface area contributed by atoms with Crippen LogP contribution in [0, 0.1) is 5.92 Å². The molecule has 0 radical (unpaired) electrons. The van der Waals surface area contributed by atoms with Crippen LogP contribution in [-0.4, -0.2) is 13.1 Å². The van der Waals surface area contributed by atoms with Crippen molar-refractivity contribution in [3.05, 3.63) is 65.7 Å².